The highest BCUT2D eigenvalue weighted by atomic mass is 16.6. The summed E-state index contributed by atoms with van der Waals surface area (Å²) in [7, 11) is 0. The third-order valence-electron chi connectivity index (χ3n) is 6.29. The van der Waals surface area contributed by atoms with E-state index in [0.717, 1.165) is 0 Å². The maximum atomic E-state index is 13.2. The third-order valence-corrected chi connectivity index (χ3v) is 6.29. The van der Waals surface area contributed by atoms with Crippen molar-refractivity contribution < 1.29 is 38.9 Å². The lowest BCUT2D eigenvalue weighted by atomic mass is 9.82. The fraction of sp³-hybridized carbons (Fsp3) is 0.290. The number of aromatic hydroxyl groups is 2. The summed E-state index contributed by atoms with van der Waals surface area (Å²) >= 11 is 0. The molecule has 1 aliphatic carbocycles. The van der Waals surface area contributed by atoms with Gasteiger partial charge in [0.25, 0.3) is 0 Å². The fourth-order valence-electron chi connectivity index (χ4n) is 4.43. The number of nitrogens with one attached hydrogen (secondary N) is 2. The van der Waals surface area contributed by atoms with E-state index in [1.54, 1.807) is 57.2 Å². The Morgan fingerprint density at radius 1 is 0.878 bits per heavy atom. The molecule has 1 atom stereocenters. The molecule has 0 aromatic heterocycles. The van der Waals surface area contributed by atoms with Crippen LogP contribution in [0.4, 0.5) is 10.5 Å². The highest BCUT2D eigenvalue weighted by Gasteiger charge is 2.34. The van der Waals surface area contributed by atoms with Crippen LogP contribution in [0.25, 0.3) is 0 Å². The Labute approximate surface area is 237 Å². The molecule has 0 heterocycles. The molecule has 1 aliphatic rings. The third kappa shape index (κ3) is 7.02. The van der Waals surface area contributed by atoms with Crippen LogP contribution in [0.15, 0.2) is 60.7 Å². The predicted octanol–water partition coefficient (Wildman–Crippen LogP) is 4.35. The standard InChI is InChI=1S/C31H32N2O8/c1-31(2,3)41-30(39)33-23(17-18-9-11-19(34)12-10-18)29(38)40-16-6-15-32-22-13-14-24(35)26-25(22)27(36)20-7-4-5-8-21(20)28(26)37/h4-5,7-14,23,32,34-35H,6,15-17H2,1-3H3,(H,33,39)/t23-/m0/s1. The molecule has 3 aromatic carbocycles. The number of esters is 1. The van der Waals surface area contributed by atoms with Crippen LogP contribution in [0, 0.1) is 0 Å². The molecule has 10 nitrogen and oxygen atoms in total. The lowest BCUT2D eigenvalue weighted by Crippen LogP contribution is -2.45. The average Bonchev–Trinajstić information content (AvgIpc) is 2.91. The quantitative estimate of drug-likeness (QED) is 0.133. The number of alkyl carbamates (subject to hydrolysis) is 1. The molecule has 0 unspecified atom stereocenters. The van der Waals surface area contributed by atoms with E-state index in [1.165, 1.54) is 24.3 Å². The van der Waals surface area contributed by atoms with E-state index >= 15 is 0 Å². The Morgan fingerprint density at radius 2 is 1.51 bits per heavy atom. The van der Waals surface area contributed by atoms with Gasteiger partial charge in [-0.05, 0) is 57.0 Å². The molecule has 0 spiro atoms. The molecular weight excluding hydrogens is 528 g/mol. The molecular formula is C31H32N2O8. The molecule has 0 saturated heterocycles. The number of benzene rings is 3. The van der Waals surface area contributed by atoms with Crippen molar-refractivity contribution in [3.8, 4) is 11.5 Å². The number of rotatable bonds is 9. The molecule has 4 rings (SSSR count). The highest BCUT2D eigenvalue weighted by Crippen LogP contribution is 2.36. The molecule has 10 heteroatoms. The molecule has 214 valence electrons. The zero-order valence-corrected chi connectivity index (χ0v) is 23.0. The highest BCUT2D eigenvalue weighted by molar-refractivity contribution is 6.31. The number of fused-ring (bicyclic) bond motifs is 2. The Balaban J connectivity index is 1.37. The topological polar surface area (TPSA) is 151 Å². The van der Waals surface area contributed by atoms with E-state index in [4.69, 9.17) is 9.47 Å². The predicted molar refractivity (Wildman–Crippen MR) is 150 cm³/mol. The summed E-state index contributed by atoms with van der Waals surface area (Å²) in [6, 6.07) is 14.6. The van der Waals surface area contributed by atoms with Gasteiger partial charge in [0, 0.05) is 29.8 Å². The van der Waals surface area contributed by atoms with Gasteiger partial charge in [-0.3, -0.25) is 9.59 Å². The van der Waals surface area contributed by atoms with Gasteiger partial charge in [-0.1, -0.05) is 36.4 Å². The molecule has 41 heavy (non-hydrogen) atoms. The first-order valence-electron chi connectivity index (χ1n) is 13.2. The number of ketones is 2. The number of amides is 1. The van der Waals surface area contributed by atoms with Crippen LogP contribution >= 0.6 is 0 Å². The summed E-state index contributed by atoms with van der Waals surface area (Å²) in [6.45, 7) is 5.42. The normalized spacial score (nSPS) is 13.0. The molecule has 4 N–H and O–H groups in total. The zero-order chi connectivity index (χ0) is 29.7. The Hall–Kier alpha value is -4.86. The van der Waals surface area contributed by atoms with Crippen LogP contribution in [-0.4, -0.2) is 58.6 Å². The fourth-order valence-corrected chi connectivity index (χ4v) is 4.43. The van der Waals surface area contributed by atoms with Gasteiger partial charge in [0.1, 0.15) is 23.1 Å². The van der Waals surface area contributed by atoms with E-state index in [2.05, 4.69) is 10.6 Å². The van der Waals surface area contributed by atoms with Crippen molar-refractivity contribution in [3.05, 3.63) is 88.5 Å². The summed E-state index contributed by atoms with van der Waals surface area (Å²) in [4.78, 5) is 51.4. The maximum absolute atomic E-state index is 13.2. The largest absolute Gasteiger partial charge is 0.508 e. The van der Waals surface area contributed by atoms with Crippen molar-refractivity contribution >= 4 is 29.3 Å². The number of ether oxygens (including phenoxy) is 2. The number of phenolic OH excluding ortho intramolecular Hbond substituents is 2. The van der Waals surface area contributed by atoms with Gasteiger partial charge in [0.15, 0.2) is 11.6 Å². The van der Waals surface area contributed by atoms with Gasteiger partial charge < -0.3 is 30.3 Å². The molecule has 1 amide bonds. The van der Waals surface area contributed by atoms with Crippen molar-refractivity contribution in [3.63, 3.8) is 0 Å². The van der Waals surface area contributed by atoms with Crippen LogP contribution in [0.3, 0.4) is 0 Å². The SMILES string of the molecule is CC(C)(C)OC(=O)N[C@@H](Cc1ccc(O)cc1)C(=O)OCCCNc1ccc(O)c2c1C(=O)c1ccccc1C2=O. The Morgan fingerprint density at radius 3 is 2.15 bits per heavy atom. The second kappa shape index (κ2) is 12.1. The average molecular weight is 561 g/mol. The summed E-state index contributed by atoms with van der Waals surface area (Å²) in [5.74, 6) is -1.66. The van der Waals surface area contributed by atoms with Gasteiger partial charge in [-0.2, -0.15) is 0 Å². The van der Waals surface area contributed by atoms with Crippen LogP contribution in [0.2, 0.25) is 0 Å². The van der Waals surface area contributed by atoms with Crippen molar-refractivity contribution in [1.29, 1.82) is 0 Å². The van der Waals surface area contributed by atoms with E-state index < -0.39 is 29.5 Å². The van der Waals surface area contributed by atoms with Crippen molar-refractivity contribution in [2.45, 2.75) is 45.3 Å². The van der Waals surface area contributed by atoms with Crippen LogP contribution in [0.1, 0.15) is 64.6 Å². The lowest BCUT2D eigenvalue weighted by Gasteiger charge is -2.23. The van der Waals surface area contributed by atoms with Gasteiger partial charge in [-0.15, -0.1) is 0 Å². The molecule has 0 fully saturated rings. The van der Waals surface area contributed by atoms with Crippen molar-refractivity contribution in [1.82, 2.24) is 5.32 Å². The van der Waals surface area contributed by atoms with E-state index in [0.29, 0.717) is 17.7 Å². The summed E-state index contributed by atoms with van der Waals surface area (Å²) < 4.78 is 10.7. The number of phenols is 2. The summed E-state index contributed by atoms with van der Waals surface area (Å²) in [5.41, 5.74) is 0.881. The molecule has 0 radical (unpaired) electrons. The maximum Gasteiger partial charge on any atom is 0.408 e. The van der Waals surface area contributed by atoms with Crippen LogP contribution < -0.4 is 10.6 Å². The van der Waals surface area contributed by atoms with E-state index in [-0.39, 0.29) is 59.1 Å². The van der Waals surface area contributed by atoms with Gasteiger partial charge in [0.05, 0.1) is 17.7 Å². The minimum atomic E-state index is -1.03. The first kappa shape index (κ1) is 29.1. The molecule has 0 saturated carbocycles. The minimum Gasteiger partial charge on any atom is -0.508 e. The van der Waals surface area contributed by atoms with Gasteiger partial charge >= 0.3 is 12.1 Å². The summed E-state index contributed by atoms with van der Waals surface area (Å²) in [6.07, 6.45) is -0.301. The summed E-state index contributed by atoms with van der Waals surface area (Å²) in [5, 5.41) is 25.5. The number of carbonyl (C=O) groups is 4. The Kier molecular flexibility index (Phi) is 8.61. The van der Waals surface area contributed by atoms with Crippen LogP contribution in [0.5, 0.6) is 11.5 Å². The first-order valence-corrected chi connectivity index (χ1v) is 13.2. The van der Waals surface area contributed by atoms with E-state index in [1.807, 2.05) is 0 Å². The second-order valence-corrected chi connectivity index (χ2v) is 10.6. The molecule has 0 aliphatic heterocycles. The van der Waals surface area contributed by atoms with E-state index in [9.17, 15) is 29.4 Å². The molecule has 3 aromatic rings. The smallest absolute Gasteiger partial charge is 0.408 e. The lowest BCUT2D eigenvalue weighted by molar-refractivity contribution is -0.146. The first-order chi connectivity index (χ1) is 19.4. The van der Waals surface area contributed by atoms with Crippen LogP contribution in [-0.2, 0) is 20.7 Å². The number of carbonyl (C=O) groups excluding carboxylic acids is 4. The van der Waals surface area contributed by atoms with Crippen molar-refractivity contribution in [2.24, 2.45) is 0 Å². The van der Waals surface area contributed by atoms with Crippen molar-refractivity contribution in [2.75, 3.05) is 18.5 Å². The number of anilines is 1. The monoisotopic (exact) mass is 560 g/mol. The second-order valence-electron chi connectivity index (χ2n) is 10.6. The minimum absolute atomic E-state index is 0.00386. The zero-order valence-electron chi connectivity index (χ0n) is 23.0. The Bertz CT molecular complexity index is 1470. The van der Waals surface area contributed by atoms with Gasteiger partial charge in [-0.25, -0.2) is 9.59 Å². The molecule has 0 bridgehead atoms. The van der Waals surface area contributed by atoms with Gasteiger partial charge in [0.2, 0.25) is 0 Å². The number of hydrogen-bond donors (Lipinski definition) is 4. The number of hydrogen-bond acceptors (Lipinski definition) is 9.